The van der Waals surface area contributed by atoms with Gasteiger partial charge in [-0.15, -0.1) is 0 Å². The van der Waals surface area contributed by atoms with E-state index in [1.54, 1.807) is 6.20 Å². The van der Waals surface area contributed by atoms with Gasteiger partial charge in [0.1, 0.15) is 23.9 Å². The van der Waals surface area contributed by atoms with Crippen LogP contribution in [-0.4, -0.2) is 58.5 Å². The van der Waals surface area contributed by atoms with Crippen LogP contribution in [0, 0.1) is 0 Å². The predicted octanol–water partition coefficient (Wildman–Crippen LogP) is 3.23. The zero-order chi connectivity index (χ0) is 20.9. The van der Waals surface area contributed by atoms with E-state index in [0.717, 1.165) is 57.1 Å². The molecule has 7 nitrogen and oxygen atoms in total. The molecule has 5 fully saturated rings. The Morgan fingerprint density at radius 1 is 0.871 bits per heavy atom. The fourth-order valence-corrected chi connectivity index (χ4v) is 6.26. The van der Waals surface area contributed by atoms with E-state index < -0.39 is 35.7 Å². The van der Waals surface area contributed by atoms with Gasteiger partial charge in [-0.3, -0.25) is 4.98 Å². The van der Waals surface area contributed by atoms with Crippen molar-refractivity contribution in [2.45, 2.75) is 112 Å². The van der Waals surface area contributed by atoms with Crippen LogP contribution in [0.1, 0.15) is 69.9 Å². The molecule has 2 saturated carbocycles. The Balaban J connectivity index is 1.27. The molecule has 0 unspecified atom stereocenters. The van der Waals surface area contributed by atoms with Crippen molar-refractivity contribution in [2.24, 2.45) is 0 Å². The van der Waals surface area contributed by atoms with Crippen molar-refractivity contribution in [1.82, 2.24) is 4.98 Å². The summed E-state index contributed by atoms with van der Waals surface area (Å²) in [6.45, 7) is 0.416. The Kier molecular flexibility index (Phi) is 5.13. The van der Waals surface area contributed by atoms with Gasteiger partial charge in [-0.2, -0.15) is 0 Å². The van der Waals surface area contributed by atoms with Crippen molar-refractivity contribution in [1.29, 1.82) is 0 Å². The standard InChI is InChI=1S/C24H33NO6/c26-24(15-17-9-3-8-14-25-17)19(18-16-27-22(29-18)10-4-1-5-11-22)28-21-20(24)30-23(31-21)12-6-2-7-13-23/h3,8-9,14,18-21,26H,1-2,4-7,10-13,15-16H2/t18-,19+,20-,21+,24+/m0/s1. The molecule has 1 N–H and O–H groups in total. The highest BCUT2D eigenvalue weighted by Gasteiger charge is 2.67. The normalized spacial score (nSPS) is 41.1. The van der Waals surface area contributed by atoms with Crippen LogP contribution in [0.2, 0.25) is 0 Å². The quantitative estimate of drug-likeness (QED) is 0.787. The summed E-state index contributed by atoms with van der Waals surface area (Å²) >= 11 is 0. The number of rotatable bonds is 3. The molecule has 5 atom stereocenters. The van der Waals surface area contributed by atoms with Crippen molar-refractivity contribution in [3.8, 4) is 0 Å². The minimum absolute atomic E-state index is 0.325. The molecule has 0 amide bonds. The molecule has 31 heavy (non-hydrogen) atoms. The van der Waals surface area contributed by atoms with Gasteiger partial charge in [-0.1, -0.05) is 18.9 Å². The lowest BCUT2D eigenvalue weighted by molar-refractivity contribution is -0.272. The number of nitrogens with zero attached hydrogens (tertiary/aromatic N) is 1. The summed E-state index contributed by atoms with van der Waals surface area (Å²) in [5, 5.41) is 12.1. The lowest BCUT2D eigenvalue weighted by Gasteiger charge is -2.39. The predicted molar refractivity (Wildman–Crippen MR) is 110 cm³/mol. The summed E-state index contributed by atoms with van der Waals surface area (Å²) in [5.41, 5.74) is -0.493. The number of fused-ring (bicyclic) bond motifs is 1. The minimum Gasteiger partial charge on any atom is -0.384 e. The second kappa shape index (κ2) is 7.75. The Bertz CT molecular complexity index is 778. The molecular weight excluding hydrogens is 398 g/mol. The molecule has 0 aromatic carbocycles. The first-order chi connectivity index (χ1) is 15.1. The minimum atomic E-state index is -1.30. The van der Waals surface area contributed by atoms with Gasteiger partial charge in [-0.05, 0) is 37.8 Å². The average molecular weight is 432 g/mol. The maximum absolute atomic E-state index is 12.1. The van der Waals surface area contributed by atoms with Crippen LogP contribution in [0.5, 0.6) is 0 Å². The molecule has 0 radical (unpaired) electrons. The third-order valence-corrected chi connectivity index (χ3v) is 7.82. The fourth-order valence-electron chi connectivity index (χ4n) is 6.26. The Morgan fingerprint density at radius 2 is 1.61 bits per heavy atom. The summed E-state index contributed by atoms with van der Waals surface area (Å²) in [6.07, 6.45) is 10.2. The van der Waals surface area contributed by atoms with Gasteiger partial charge >= 0.3 is 0 Å². The first-order valence-corrected chi connectivity index (χ1v) is 12.1. The Labute approximate surface area is 183 Å². The van der Waals surface area contributed by atoms with Gasteiger partial charge in [0.25, 0.3) is 0 Å². The number of aromatic nitrogens is 1. The molecule has 1 aromatic rings. The third kappa shape index (κ3) is 3.54. The first-order valence-electron chi connectivity index (χ1n) is 12.1. The lowest BCUT2D eigenvalue weighted by atomic mass is 9.84. The largest absolute Gasteiger partial charge is 0.384 e. The van der Waals surface area contributed by atoms with Gasteiger partial charge in [0.2, 0.25) is 0 Å². The van der Waals surface area contributed by atoms with Gasteiger partial charge in [-0.25, -0.2) is 0 Å². The smallest absolute Gasteiger partial charge is 0.190 e. The molecule has 2 spiro atoms. The lowest BCUT2D eigenvalue weighted by Crippen LogP contribution is -2.56. The van der Waals surface area contributed by atoms with Gasteiger partial charge in [0.05, 0.1) is 6.61 Å². The topological polar surface area (TPSA) is 79.3 Å². The third-order valence-electron chi connectivity index (χ3n) is 7.82. The van der Waals surface area contributed by atoms with Gasteiger partial charge in [0, 0.05) is 44.0 Å². The summed E-state index contributed by atoms with van der Waals surface area (Å²) in [7, 11) is 0. The molecular formula is C24H33NO6. The van der Waals surface area contributed by atoms with Crippen molar-refractivity contribution >= 4 is 0 Å². The molecule has 2 aliphatic carbocycles. The summed E-state index contributed by atoms with van der Waals surface area (Å²) in [4.78, 5) is 4.47. The van der Waals surface area contributed by atoms with Crippen LogP contribution < -0.4 is 0 Å². The van der Waals surface area contributed by atoms with Gasteiger partial charge in [0.15, 0.2) is 17.9 Å². The van der Waals surface area contributed by atoms with E-state index >= 15 is 0 Å². The SMILES string of the molecule is O[C@]1(Cc2ccccn2)[C@@H]([C@@H]2COC3(CCCCC3)O2)O[C@@H]2OC3(CCCCC3)O[C@@H]21. The fraction of sp³-hybridized carbons (Fsp3) is 0.792. The van der Waals surface area contributed by atoms with E-state index in [1.807, 2.05) is 18.2 Å². The average Bonchev–Trinajstić information content (AvgIpc) is 3.42. The summed E-state index contributed by atoms with van der Waals surface area (Å²) < 4.78 is 31.9. The second-order valence-corrected chi connectivity index (χ2v) is 9.98. The highest BCUT2D eigenvalue weighted by molar-refractivity contribution is 5.16. The second-order valence-electron chi connectivity index (χ2n) is 9.98. The van der Waals surface area contributed by atoms with Crippen LogP contribution in [-0.2, 0) is 30.1 Å². The molecule has 3 saturated heterocycles. The van der Waals surface area contributed by atoms with E-state index in [-0.39, 0.29) is 6.10 Å². The van der Waals surface area contributed by atoms with E-state index in [0.29, 0.717) is 13.0 Å². The molecule has 0 bridgehead atoms. The van der Waals surface area contributed by atoms with Crippen molar-refractivity contribution in [3.05, 3.63) is 30.1 Å². The highest BCUT2D eigenvalue weighted by atomic mass is 16.8. The van der Waals surface area contributed by atoms with Crippen molar-refractivity contribution < 1.29 is 28.8 Å². The molecule has 1 aromatic heterocycles. The van der Waals surface area contributed by atoms with Crippen molar-refractivity contribution in [2.75, 3.05) is 6.61 Å². The van der Waals surface area contributed by atoms with E-state index in [1.165, 1.54) is 12.8 Å². The number of aliphatic hydroxyl groups is 1. The number of pyridine rings is 1. The first kappa shape index (κ1) is 20.5. The molecule has 3 aliphatic heterocycles. The number of hydrogen-bond donors (Lipinski definition) is 1. The zero-order valence-corrected chi connectivity index (χ0v) is 18.0. The van der Waals surface area contributed by atoms with E-state index in [2.05, 4.69) is 4.98 Å². The van der Waals surface area contributed by atoms with Crippen LogP contribution in [0.4, 0.5) is 0 Å². The van der Waals surface area contributed by atoms with Crippen LogP contribution in [0.15, 0.2) is 24.4 Å². The Morgan fingerprint density at radius 3 is 2.32 bits per heavy atom. The monoisotopic (exact) mass is 431 g/mol. The van der Waals surface area contributed by atoms with Crippen LogP contribution in [0.25, 0.3) is 0 Å². The van der Waals surface area contributed by atoms with Crippen LogP contribution in [0.3, 0.4) is 0 Å². The Hall–Kier alpha value is -1.09. The van der Waals surface area contributed by atoms with Gasteiger partial charge < -0.3 is 28.8 Å². The number of ether oxygens (including phenoxy) is 5. The molecule has 4 heterocycles. The maximum Gasteiger partial charge on any atom is 0.190 e. The zero-order valence-electron chi connectivity index (χ0n) is 18.0. The molecule has 6 rings (SSSR count). The molecule has 5 aliphatic rings. The number of hydrogen-bond acceptors (Lipinski definition) is 7. The molecule has 7 heteroatoms. The summed E-state index contributed by atoms with van der Waals surface area (Å²) in [5.74, 6) is -1.16. The summed E-state index contributed by atoms with van der Waals surface area (Å²) in [6, 6.07) is 5.75. The maximum atomic E-state index is 12.1. The van der Waals surface area contributed by atoms with Crippen molar-refractivity contribution in [3.63, 3.8) is 0 Å². The van der Waals surface area contributed by atoms with Crippen LogP contribution >= 0.6 is 0 Å². The van der Waals surface area contributed by atoms with E-state index in [4.69, 9.17) is 23.7 Å². The highest BCUT2D eigenvalue weighted by Crippen LogP contribution is 2.51. The van der Waals surface area contributed by atoms with E-state index in [9.17, 15) is 5.11 Å². The molecule has 170 valence electrons.